The molecule has 0 aliphatic heterocycles. The Morgan fingerprint density at radius 1 is 0.950 bits per heavy atom. The van der Waals surface area contributed by atoms with Crippen molar-refractivity contribution in [1.82, 2.24) is 0 Å². The number of aliphatic hydroxyl groups is 1. The molecular weight excluding hydrogens is 265 g/mol. The van der Waals surface area contributed by atoms with Crippen molar-refractivity contribution in [2.24, 2.45) is 0 Å². The number of hydrogen-bond donors (Lipinski definition) is 1. The summed E-state index contributed by atoms with van der Waals surface area (Å²) >= 11 is 0. The monoisotopic (exact) mass is 280 g/mol. The average Bonchev–Trinajstić information content (AvgIpc) is 2.36. The fourth-order valence-corrected chi connectivity index (χ4v) is 2.39. The van der Waals surface area contributed by atoms with Gasteiger partial charge in [0.2, 0.25) is 0 Å². The van der Waals surface area contributed by atoms with Crippen molar-refractivity contribution in [3.63, 3.8) is 0 Å². The maximum Gasteiger partial charge on any atom is 0.417 e. The summed E-state index contributed by atoms with van der Waals surface area (Å²) in [5.41, 5.74) is 1.73. The minimum absolute atomic E-state index is 0.124. The summed E-state index contributed by atoms with van der Waals surface area (Å²) in [6.07, 6.45) is -4.39. The van der Waals surface area contributed by atoms with Crippen molar-refractivity contribution in [2.75, 3.05) is 0 Å². The Kier molecular flexibility index (Phi) is 3.86. The standard InChI is InChI=1S/C16H15F3O/c1-10-4-3-5-14(15(10)16(17,18)19)13-7-6-12(9-20)8-11(13)2/h3-8,20H,9H2,1-2H3. The first-order valence-electron chi connectivity index (χ1n) is 6.22. The van der Waals surface area contributed by atoms with E-state index in [1.54, 1.807) is 31.2 Å². The lowest BCUT2D eigenvalue weighted by Crippen LogP contribution is -2.10. The largest absolute Gasteiger partial charge is 0.417 e. The molecule has 20 heavy (non-hydrogen) atoms. The van der Waals surface area contributed by atoms with Gasteiger partial charge in [-0.2, -0.15) is 13.2 Å². The Morgan fingerprint density at radius 3 is 2.20 bits per heavy atom. The van der Waals surface area contributed by atoms with Crippen molar-refractivity contribution in [1.29, 1.82) is 0 Å². The third-order valence-corrected chi connectivity index (χ3v) is 3.32. The van der Waals surface area contributed by atoms with Gasteiger partial charge in [0.05, 0.1) is 12.2 Å². The van der Waals surface area contributed by atoms with Crippen molar-refractivity contribution < 1.29 is 18.3 Å². The van der Waals surface area contributed by atoms with Crippen LogP contribution in [0, 0.1) is 13.8 Å². The van der Waals surface area contributed by atoms with E-state index in [1.165, 1.54) is 19.1 Å². The zero-order valence-corrected chi connectivity index (χ0v) is 11.3. The van der Waals surface area contributed by atoms with E-state index in [4.69, 9.17) is 5.11 Å². The Morgan fingerprint density at radius 2 is 1.65 bits per heavy atom. The molecule has 0 aromatic heterocycles. The molecule has 106 valence electrons. The second kappa shape index (κ2) is 5.29. The van der Waals surface area contributed by atoms with Crippen molar-refractivity contribution in [3.05, 3.63) is 58.7 Å². The Labute approximate surface area is 115 Å². The van der Waals surface area contributed by atoms with Gasteiger partial charge >= 0.3 is 6.18 Å². The molecule has 0 atom stereocenters. The van der Waals surface area contributed by atoms with Crippen LogP contribution in [0.4, 0.5) is 13.2 Å². The maximum atomic E-state index is 13.2. The summed E-state index contributed by atoms with van der Waals surface area (Å²) < 4.78 is 39.7. The molecule has 1 N–H and O–H groups in total. The third kappa shape index (κ3) is 2.70. The van der Waals surface area contributed by atoms with Crippen LogP contribution in [-0.4, -0.2) is 5.11 Å². The lowest BCUT2D eigenvalue weighted by molar-refractivity contribution is -0.137. The van der Waals surface area contributed by atoms with Crippen LogP contribution in [-0.2, 0) is 12.8 Å². The number of rotatable bonds is 2. The Balaban J connectivity index is 2.68. The number of aryl methyl sites for hydroxylation is 2. The highest BCUT2D eigenvalue weighted by atomic mass is 19.4. The van der Waals surface area contributed by atoms with E-state index in [0.717, 1.165) is 0 Å². The Bertz CT molecular complexity index is 630. The smallest absolute Gasteiger partial charge is 0.392 e. The molecule has 0 bridgehead atoms. The first-order chi connectivity index (χ1) is 9.34. The fourth-order valence-electron chi connectivity index (χ4n) is 2.39. The van der Waals surface area contributed by atoms with Gasteiger partial charge in [0.25, 0.3) is 0 Å². The molecule has 0 saturated heterocycles. The van der Waals surface area contributed by atoms with Gasteiger partial charge in [-0.3, -0.25) is 0 Å². The number of alkyl halides is 3. The molecule has 0 heterocycles. The number of hydrogen-bond acceptors (Lipinski definition) is 1. The quantitative estimate of drug-likeness (QED) is 0.859. The molecular formula is C16H15F3O. The van der Waals surface area contributed by atoms with E-state index in [-0.39, 0.29) is 17.7 Å². The summed E-state index contributed by atoms with van der Waals surface area (Å²) in [7, 11) is 0. The van der Waals surface area contributed by atoms with Gasteiger partial charge in [-0.1, -0.05) is 36.4 Å². The molecule has 0 amide bonds. The van der Waals surface area contributed by atoms with E-state index in [0.29, 0.717) is 16.7 Å². The minimum atomic E-state index is -4.39. The van der Waals surface area contributed by atoms with Crippen LogP contribution in [0.15, 0.2) is 36.4 Å². The predicted octanol–water partition coefficient (Wildman–Crippen LogP) is 4.48. The molecule has 0 spiro atoms. The molecule has 0 radical (unpaired) electrons. The van der Waals surface area contributed by atoms with Crippen LogP contribution in [0.1, 0.15) is 22.3 Å². The fraction of sp³-hybridized carbons (Fsp3) is 0.250. The molecule has 0 aliphatic carbocycles. The van der Waals surface area contributed by atoms with Gasteiger partial charge in [-0.05, 0) is 41.7 Å². The second-order valence-electron chi connectivity index (χ2n) is 4.80. The van der Waals surface area contributed by atoms with E-state index in [2.05, 4.69) is 0 Å². The highest BCUT2D eigenvalue weighted by Gasteiger charge is 2.35. The van der Waals surface area contributed by atoms with E-state index >= 15 is 0 Å². The first-order valence-corrected chi connectivity index (χ1v) is 6.22. The Hall–Kier alpha value is -1.81. The highest BCUT2D eigenvalue weighted by molar-refractivity contribution is 5.72. The summed E-state index contributed by atoms with van der Waals surface area (Å²) in [5, 5.41) is 9.07. The van der Waals surface area contributed by atoms with E-state index in [1.807, 2.05) is 0 Å². The molecule has 0 fully saturated rings. The summed E-state index contributed by atoms with van der Waals surface area (Å²) in [6.45, 7) is 3.09. The molecule has 0 aliphatic rings. The van der Waals surface area contributed by atoms with Crippen LogP contribution >= 0.6 is 0 Å². The normalized spacial score (nSPS) is 11.7. The topological polar surface area (TPSA) is 20.2 Å². The average molecular weight is 280 g/mol. The summed E-state index contributed by atoms with van der Waals surface area (Å²) in [6, 6.07) is 9.55. The van der Waals surface area contributed by atoms with Gasteiger partial charge in [-0.25, -0.2) is 0 Å². The SMILES string of the molecule is Cc1cc(CO)ccc1-c1cccc(C)c1C(F)(F)F. The van der Waals surface area contributed by atoms with Gasteiger partial charge in [0.1, 0.15) is 0 Å². The van der Waals surface area contributed by atoms with Crippen molar-refractivity contribution in [2.45, 2.75) is 26.6 Å². The molecule has 2 aromatic rings. The zero-order valence-electron chi connectivity index (χ0n) is 11.3. The van der Waals surface area contributed by atoms with Crippen LogP contribution in [0.3, 0.4) is 0 Å². The van der Waals surface area contributed by atoms with Gasteiger partial charge in [-0.15, -0.1) is 0 Å². The molecule has 4 heteroatoms. The van der Waals surface area contributed by atoms with Crippen LogP contribution in [0.2, 0.25) is 0 Å². The number of halogens is 3. The molecule has 1 nitrogen and oxygen atoms in total. The second-order valence-corrected chi connectivity index (χ2v) is 4.80. The number of benzene rings is 2. The molecule has 0 unspecified atom stereocenters. The first kappa shape index (κ1) is 14.6. The van der Waals surface area contributed by atoms with Gasteiger partial charge in [0, 0.05) is 0 Å². The lowest BCUT2D eigenvalue weighted by Gasteiger charge is -2.17. The molecule has 2 aromatic carbocycles. The van der Waals surface area contributed by atoms with Gasteiger partial charge in [0.15, 0.2) is 0 Å². The lowest BCUT2D eigenvalue weighted by atomic mass is 9.92. The van der Waals surface area contributed by atoms with E-state index < -0.39 is 11.7 Å². The molecule has 0 saturated carbocycles. The van der Waals surface area contributed by atoms with Crippen molar-refractivity contribution >= 4 is 0 Å². The van der Waals surface area contributed by atoms with Crippen LogP contribution in [0.25, 0.3) is 11.1 Å². The molecule has 2 rings (SSSR count). The minimum Gasteiger partial charge on any atom is -0.392 e. The third-order valence-electron chi connectivity index (χ3n) is 3.32. The van der Waals surface area contributed by atoms with Crippen LogP contribution < -0.4 is 0 Å². The summed E-state index contributed by atoms with van der Waals surface area (Å²) in [4.78, 5) is 0. The maximum absolute atomic E-state index is 13.2. The summed E-state index contributed by atoms with van der Waals surface area (Å²) in [5.74, 6) is 0. The van der Waals surface area contributed by atoms with Crippen molar-refractivity contribution in [3.8, 4) is 11.1 Å². The van der Waals surface area contributed by atoms with Gasteiger partial charge < -0.3 is 5.11 Å². The van der Waals surface area contributed by atoms with Crippen LogP contribution in [0.5, 0.6) is 0 Å². The van der Waals surface area contributed by atoms with E-state index in [9.17, 15) is 13.2 Å². The number of aliphatic hydroxyl groups excluding tert-OH is 1. The highest BCUT2D eigenvalue weighted by Crippen LogP contribution is 2.40. The predicted molar refractivity (Wildman–Crippen MR) is 72.3 cm³/mol. The zero-order chi connectivity index (χ0) is 14.9.